The van der Waals surface area contributed by atoms with Crippen molar-refractivity contribution in [2.75, 3.05) is 18.0 Å². The molecular weight excluding hydrogens is 244 g/mol. The third-order valence-corrected chi connectivity index (χ3v) is 3.78. The summed E-state index contributed by atoms with van der Waals surface area (Å²) in [6, 6.07) is 6.13. The molecule has 1 fully saturated rings. The van der Waals surface area contributed by atoms with Crippen LogP contribution in [0.4, 0.5) is 10.5 Å². The Balaban J connectivity index is 1.78. The first kappa shape index (κ1) is 12.1. The number of ether oxygens (including phenoxy) is 1. The molecule has 1 unspecified atom stereocenters. The van der Waals surface area contributed by atoms with Crippen LogP contribution < -0.4 is 15.0 Å². The molecular formula is C14H18N2O3. The highest BCUT2D eigenvalue weighted by atomic mass is 16.5. The third kappa shape index (κ3) is 2.32. The fraction of sp³-hybridized carbons (Fsp3) is 0.500. The van der Waals surface area contributed by atoms with Crippen molar-refractivity contribution in [1.82, 2.24) is 5.32 Å². The van der Waals surface area contributed by atoms with Crippen LogP contribution in [0.15, 0.2) is 18.2 Å². The molecule has 0 bridgehead atoms. The molecule has 102 valence electrons. The standard InChI is InChI=1S/C14H18N2O3/c1-9-7-11-12(3-2-4-13(11)19-9)16-6-5-10(8-16)15-14(17)18/h2-4,9-10,15H,5-8H2,1H3,(H,17,18)/t9?,10-/m0/s1. The van der Waals surface area contributed by atoms with Gasteiger partial charge in [-0.15, -0.1) is 0 Å². The van der Waals surface area contributed by atoms with E-state index in [-0.39, 0.29) is 12.1 Å². The molecule has 2 atom stereocenters. The van der Waals surface area contributed by atoms with E-state index in [9.17, 15) is 4.79 Å². The zero-order chi connectivity index (χ0) is 13.4. The zero-order valence-electron chi connectivity index (χ0n) is 10.9. The molecule has 2 aliphatic heterocycles. The van der Waals surface area contributed by atoms with Gasteiger partial charge in [-0.05, 0) is 25.5 Å². The van der Waals surface area contributed by atoms with Gasteiger partial charge in [0.2, 0.25) is 0 Å². The summed E-state index contributed by atoms with van der Waals surface area (Å²) in [5.74, 6) is 0.972. The maximum Gasteiger partial charge on any atom is 0.404 e. The molecule has 5 heteroatoms. The Morgan fingerprint density at radius 2 is 2.37 bits per heavy atom. The van der Waals surface area contributed by atoms with E-state index in [1.807, 2.05) is 12.1 Å². The highest BCUT2D eigenvalue weighted by Gasteiger charge is 2.29. The van der Waals surface area contributed by atoms with Gasteiger partial charge in [-0.3, -0.25) is 0 Å². The first-order chi connectivity index (χ1) is 9.13. The van der Waals surface area contributed by atoms with E-state index in [2.05, 4.69) is 23.2 Å². The van der Waals surface area contributed by atoms with Crippen LogP contribution in [0.25, 0.3) is 0 Å². The summed E-state index contributed by atoms with van der Waals surface area (Å²) < 4.78 is 5.76. The fourth-order valence-electron chi connectivity index (χ4n) is 2.98. The van der Waals surface area contributed by atoms with Crippen LogP contribution in [-0.2, 0) is 6.42 Å². The van der Waals surface area contributed by atoms with Crippen molar-refractivity contribution in [2.45, 2.75) is 31.9 Å². The van der Waals surface area contributed by atoms with Crippen molar-refractivity contribution >= 4 is 11.8 Å². The van der Waals surface area contributed by atoms with Crippen LogP contribution in [0, 0.1) is 0 Å². The average molecular weight is 262 g/mol. The lowest BCUT2D eigenvalue weighted by Crippen LogP contribution is -2.36. The Morgan fingerprint density at radius 3 is 3.16 bits per heavy atom. The van der Waals surface area contributed by atoms with Crippen molar-refractivity contribution in [2.24, 2.45) is 0 Å². The fourth-order valence-corrected chi connectivity index (χ4v) is 2.98. The predicted molar refractivity (Wildman–Crippen MR) is 72.0 cm³/mol. The van der Waals surface area contributed by atoms with E-state index >= 15 is 0 Å². The number of amides is 1. The number of rotatable bonds is 2. The Labute approximate surface area is 112 Å². The van der Waals surface area contributed by atoms with E-state index in [1.165, 1.54) is 11.3 Å². The highest BCUT2D eigenvalue weighted by Crippen LogP contribution is 2.37. The lowest BCUT2D eigenvalue weighted by molar-refractivity contribution is 0.191. The number of fused-ring (bicyclic) bond motifs is 1. The van der Waals surface area contributed by atoms with Crippen LogP contribution in [0.1, 0.15) is 18.9 Å². The molecule has 2 aliphatic rings. The maximum atomic E-state index is 10.7. The Hall–Kier alpha value is -1.91. The number of hydrogen-bond donors (Lipinski definition) is 2. The molecule has 5 nitrogen and oxygen atoms in total. The Morgan fingerprint density at radius 1 is 1.53 bits per heavy atom. The summed E-state index contributed by atoms with van der Waals surface area (Å²) in [5, 5.41) is 11.3. The third-order valence-electron chi connectivity index (χ3n) is 3.78. The van der Waals surface area contributed by atoms with Crippen LogP contribution in [0.2, 0.25) is 0 Å². The van der Waals surface area contributed by atoms with Gasteiger partial charge in [0.25, 0.3) is 0 Å². The number of nitrogens with one attached hydrogen (secondary N) is 1. The molecule has 1 aromatic carbocycles. The van der Waals surface area contributed by atoms with Gasteiger partial charge in [0.1, 0.15) is 11.9 Å². The van der Waals surface area contributed by atoms with Crippen LogP contribution >= 0.6 is 0 Å². The van der Waals surface area contributed by atoms with Gasteiger partial charge >= 0.3 is 6.09 Å². The van der Waals surface area contributed by atoms with Gasteiger partial charge in [-0.2, -0.15) is 0 Å². The molecule has 0 spiro atoms. The second kappa shape index (κ2) is 4.64. The second-order valence-electron chi connectivity index (χ2n) is 5.27. The molecule has 3 rings (SSSR count). The SMILES string of the molecule is CC1Cc2c(cccc2N2CC[C@H](NC(=O)O)C2)O1. The summed E-state index contributed by atoms with van der Waals surface area (Å²) >= 11 is 0. The summed E-state index contributed by atoms with van der Waals surface area (Å²) in [6.45, 7) is 3.69. The predicted octanol–water partition coefficient (Wildman–Crippen LogP) is 1.86. The number of nitrogens with zero attached hydrogens (tertiary/aromatic N) is 1. The summed E-state index contributed by atoms with van der Waals surface area (Å²) in [5.41, 5.74) is 2.45. The molecule has 1 amide bonds. The average Bonchev–Trinajstić information content (AvgIpc) is 2.92. The molecule has 0 aromatic heterocycles. The van der Waals surface area contributed by atoms with E-state index in [1.54, 1.807) is 0 Å². The quantitative estimate of drug-likeness (QED) is 0.854. The summed E-state index contributed by atoms with van der Waals surface area (Å²) in [4.78, 5) is 12.9. The Bertz CT molecular complexity index is 503. The molecule has 19 heavy (non-hydrogen) atoms. The lowest BCUT2D eigenvalue weighted by atomic mass is 10.1. The van der Waals surface area contributed by atoms with Crippen LogP contribution in [-0.4, -0.2) is 36.4 Å². The molecule has 0 aliphatic carbocycles. The number of hydrogen-bond acceptors (Lipinski definition) is 3. The number of carboxylic acid groups (broad SMARTS) is 1. The molecule has 0 saturated carbocycles. The number of carbonyl (C=O) groups is 1. The van der Waals surface area contributed by atoms with Crippen molar-refractivity contribution in [3.63, 3.8) is 0 Å². The smallest absolute Gasteiger partial charge is 0.404 e. The monoisotopic (exact) mass is 262 g/mol. The molecule has 2 N–H and O–H groups in total. The number of benzene rings is 1. The van der Waals surface area contributed by atoms with Crippen molar-refractivity contribution in [3.05, 3.63) is 23.8 Å². The van der Waals surface area contributed by atoms with E-state index < -0.39 is 6.09 Å². The largest absolute Gasteiger partial charge is 0.490 e. The van der Waals surface area contributed by atoms with Gasteiger partial charge in [0, 0.05) is 30.8 Å². The summed E-state index contributed by atoms with van der Waals surface area (Å²) in [6.07, 6.45) is 1.07. The second-order valence-corrected chi connectivity index (χ2v) is 5.27. The molecule has 2 heterocycles. The van der Waals surface area contributed by atoms with Crippen molar-refractivity contribution in [3.8, 4) is 5.75 Å². The highest BCUT2D eigenvalue weighted by molar-refractivity contribution is 5.66. The first-order valence-electron chi connectivity index (χ1n) is 6.66. The first-order valence-corrected chi connectivity index (χ1v) is 6.66. The maximum absolute atomic E-state index is 10.7. The normalized spacial score (nSPS) is 25.0. The topological polar surface area (TPSA) is 61.8 Å². The Kier molecular flexibility index (Phi) is 2.97. The molecule has 1 aromatic rings. The van der Waals surface area contributed by atoms with E-state index in [0.29, 0.717) is 0 Å². The van der Waals surface area contributed by atoms with Gasteiger partial charge in [-0.1, -0.05) is 6.07 Å². The molecule has 1 saturated heterocycles. The van der Waals surface area contributed by atoms with E-state index in [0.717, 1.165) is 31.7 Å². The van der Waals surface area contributed by atoms with Gasteiger partial charge in [0.15, 0.2) is 0 Å². The summed E-state index contributed by atoms with van der Waals surface area (Å²) in [7, 11) is 0. The molecule has 0 radical (unpaired) electrons. The van der Waals surface area contributed by atoms with Gasteiger partial charge in [-0.25, -0.2) is 4.79 Å². The van der Waals surface area contributed by atoms with Gasteiger partial charge < -0.3 is 20.1 Å². The minimum Gasteiger partial charge on any atom is -0.490 e. The van der Waals surface area contributed by atoms with Crippen molar-refractivity contribution in [1.29, 1.82) is 0 Å². The minimum atomic E-state index is -0.943. The van der Waals surface area contributed by atoms with Gasteiger partial charge in [0.05, 0.1) is 6.04 Å². The minimum absolute atomic E-state index is 0.0214. The zero-order valence-corrected chi connectivity index (χ0v) is 10.9. The number of anilines is 1. The van der Waals surface area contributed by atoms with Crippen LogP contribution in [0.5, 0.6) is 5.75 Å². The van der Waals surface area contributed by atoms with Crippen molar-refractivity contribution < 1.29 is 14.6 Å². The lowest BCUT2D eigenvalue weighted by Gasteiger charge is -2.21. The van der Waals surface area contributed by atoms with E-state index in [4.69, 9.17) is 9.84 Å². The van der Waals surface area contributed by atoms with Crippen LogP contribution in [0.3, 0.4) is 0 Å².